The van der Waals surface area contributed by atoms with Gasteiger partial charge in [0.05, 0.1) is 16.3 Å². The number of hydrogen-bond acceptors (Lipinski definition) is 6. The summed E-state index contributed by atoms with van der Waals surface area (Å²) in [5.41, 5.74) is 4.39. The second-order valence-corrected chi connectivity index (χ2v) is 11.7. The molecule has 6 rings (SSSR count). The molecule has 0 saturated carbocycles. The van der Waals surface area contributed by atoms with Crippen molar-refractivity contribution in [2.24, 2.45) is 0 Å². The minimum Gasteiger partial charge on any atom is -0.354 e. The second-order valence-electron chi connectivity index (χ2n) is 8.84. The quantitative estimate of drug-likeness (QED) is 0.116. The van der Waals surface area contributed by atoms with E-state index < -0.39 is 30.0 Å². The van der Waals surface area contributed by atoms with Gasteiger partial charge in [-0.15, -0.1) is 4.57 Å². The zero-order chi connectivity index (χ0) is 27.4. The van der Waals surface area contributed by atoms with Gasteiger partial charge in [0.1, 0.15) is 15.9 Å². The highest BCUT2D eigenvalue weighted by atomic mass is 32.2. The summed E-state index contributed by atoms with van der Waals surface area (Å²) in [7, 11) is -9.58. The van der Waals surface area contributed by atoms with Crippen molar-refractivity contribution >= 4 is 64.5 Å². The molecule has 194 valence electrons. The fraction of sp³-hybridized carbons (Fsp3) is 0. The Morgan fingerprint density at radius 3 is 2.03 bits per heavy atom. The van der Waals surface area contributed by atoms with Gasteiger partial charge in [0.25, 0.3) is 20.2 Å². The molecular formula is C28H20N3O6S2+. The lowest BCUT2D eigenvalue weighted by Crippen LogP contribution is -2.33. The van der Waals surface area contributed by atoms with Crippen LogP contribution in [0.1, 0.15) is 0 Å². The van der Waals surface area contributed by atoms with Crippen LogP contribution in [0.2, 0.25) is 0 Å². The molecule has 0 unspecified atom stereocenters. The fourth-order valence-electron chi connectivity index (χ4n) is 4.71. The number of nitrogens with one attached hydrogen (secondary N) is 1. The largest absolute Gasteiger partial charge is 0.354 e. The van der Waals surface area contributed by atoms with Crippen molar-refractivity contribution in [2.45, 2.75) is 9.79 Å². The van der Waals surface area contributed by atoms with Gasteiger partial charge in [-0.05, 0) is 24.3 Å². The van der Waals surface area contributed by atoms with Gasteiger partial charge >= 0.3 is 0 Å². The molecule has 0 aliphatic heterocycles. The average molecular weight is 559 g/mol. The van der Waals surface area contributed by atoms with Gasteiger partial charge in [0.15, 0.2) is 0 Å². The normalized spacial score (nSPS) is 12.3. The van der Waals surface area contributed by atoms with Gasteiger partial charge in [-0.1, -0.05) is 54.6 Å². The van der Waals surface area contributed by atoms with E-state index in [0.29, 0.717) is 17.1 Å². The van der Waals surface area contributed by atoms with Crippen LogP contribution in [-0.4, -0.2) is 30.9 Å². The Morgan fingerprint density at radius 2 is 1.31 bits per heavy atom. The Hall–Kier alpha value is -4.42. The van der Waals surface area contributed by atoms with Crippen LogP contribution in [0.5, 0.6) is 0 Å². The van der Waals surface area contributed by atoms with Crippen molar-refractivity contribution in [3.05, 3.63) is 103 Å². The summed E-state index contributed by atoms with van der Waals surface area (Å²) in [5, 5.41) is 4.57. The predicted molar refractivity (Wildman–Crippen MR) is 148 cm³/mol. The molecule has 1 heterocycles. The molecule has 9 nitrogen and oxygen atoms in total. The zero-order valence-corrected chi connectivity index (χ0v) is 21.7. The smallest absolute Gasteiger partial charge is 0.296 e. The minimum atomic E-state index is -4.87. The van der Waals surface area contributed by atoms with Crippen LogP contribution in [0.15, 0.2) is 113 Å². The first kappa shape index (κ1) is 24.9. The van der Waals surface area contributed by atoms with Crippen molar-refractivity contribution in [1.82, 2.24) is 4.98 Å². The van der Waals surface area contributed by atoms with E-state index in [0.717, 1.165) is 39.2 Å². The molecule has 0 bridgehead atoms. The third-order valence-electron chi connectivity index (χ3n) is 6.40. The van der Waals surface area contributed by atoms with Crippen LogP contribution >= 0.6 is 0 Å². The molecule has 0 fully saturated rings. The van der Waals surface area contributed by atoms with E-state index in [9.17, 15) is 25.9 Å². The first-order chi connectivity index (χ1) is 18.6. The molecule has 1 aromatic heterocycles. The number of aromatic nitrogens is 2. The third-order valence-corrected chi connectivity index (χ3v) is 8.15. The van der Waals surface area contributed by atoms with E-state index in [2.05, 4.69) is 9.88 Å². The summed E-state index contributed by atoms with van der Waals surface area (Å²) in [6.07, 6.45) is 0. The number of para-hydroxylation sites is 3. The van der Waals surface area contributed by atoms with Crippen LogP contribution in [-0.2, 0) is 20.2 Å². The Morgan fingerprint density at radius 1 is 0.641 bits per heavy atom. The second kappa shape index (κ2) is 9.10. The fourth-order valence-corrected chi connectivity index (χ4v) is 5.97. The maximum absolute atomic E-state index is 12.2. The van der Waals surface area contributed by atoms with Crippen molar-refractivity contribution in [1.29, 1.82) is 0 Å². The average Bonchev–Trinajstić information content (AvgIpc) is 2.91. The molecule has 0 atom stereocenters. The topological polar surface area (TPSA) is 138 Å². The molecule has 0 aliphatic carbocycles. The number of hydrogen-bond donors (Lipinski definition) is 3. The molecule has 0 amide bonds. The standard InChI is InChI=1S/C28H19N3O6S2/c32-38(33,34)19-14-15-23(27(16-19)39(35,36)37)29-24-17-26-28(21-11-5-4-10-20(21)24)30-22-12-6-7-13-25(22)31(26)18-8-2-1-3-9-18/h1-17H,(H2,32,33,34,35,36,37)/p+1. The van der Waals surface area contributed by atoms with Crippen LogP contribution in [0.4, 0.5) is 11.4 Å². The Labute approximate surface area is 223 Å². The monoisotopic (exact) mass is 558 g/mol. The molecule has 0 radical (unpaired) electrons. The van der Waals surface area contributed by atoms with Crippen LogP contribution in [0, 0.1) is 0 Å². The lowest BCUT2D eigenvalue weighted by atomic mass is 10.0. The summed E-state index contributed by atoms with van der Waals surface area (Å²) in [6.45, 7) is 0. The van der Waals surface area contributed by atoms with Crippen molar-refractivity contribution in [3.63, 3.8) is 0 Å². The highest BCUT2D eigenvalue weighted by molar-refractivity contribution is 7.86. The molecule has 39 heavy (non-hydrogen) atoms. The predicted octanol–water partition coefficient (Wildman–Crippen LogP) is 5.05. The Balaban J connectivity index is 1.69. The van der Waals surface area contributed by atoms with Crippen LogP contribution < -0.4 is 9.88 Å². The van der Waals surface area contributed by atoms with Crippen molar-refractivity contribution < 1.29 is 30.5 Å². The van der Waals surface area contributed by atoms with Gasteiger partial charge < -0.3 is 5.32 Å². The van der Waals surface area contributed by atoms with E-state index in [1.165, 1.54) is 6.07 Å². The maximum Gasteiger partial charge on any atom is 0.296 e. The molecule has 0 saturated heterocycles. The number of benzene rings is 5. The molecule has 11 heteroatoms. The van der Waals surface area contributed by atoms with E-state index >= 15 is 0 Å². The third kappa shape index (κ3) is 4.47. The number of fused-ring (bicyclic) bond motifs is 4. The number of anilines is 2. The Bertz CT molecular complexity index is 2150. The van der Waals surface area contributed by atoms with E-state index in [-0.39, 0.29) is 5.69 Å². The first-order valence-corrected chi connectivity index (χ1v) is 14.6. The van der Waals surface area contributed by atoms with E-state index in [4.69, 9.17) is 4.98 Å². The van der Waals surface area contributed by atoms with Gasteiger partial charge in [-0.25, -0.2) is 4.98 Å². The maximum atomic E-state index is 12.2. The van der Waals surface area contributed by atoms with Crippen LogP contribution in [0.25, 0.3) is 38.5 Å². The first-order valence-electron chi connectivity index (χ1n) is 11.7. The minimum absolute atomic E-state index is 0.0746. The van der Waals surface area contributed by atoms with Gasteiger partial charge in [0.2, 0.25) is 16.7 Å². The molecule has 0 aliphatic rings. The molecule has 0 spiro atoms. The van der Waals surface area contributed by atoms with Crippen molar-refractivity contribution in [2.75, 3.05) is 5.32 Å². The summed E-state index contributed by atoms with van der Waals surface area (Å²) >= 11 is 0. The summed E-state index contributed by atoms with van der Waals surface area (Å²) in [4.78, 5) is 3.59. The van der Waals surface area contributed by atoms with Gasteiger partial charge in [-0.3, -0.25) is 9.11 Å². The SMILES string of the molecule is O=S(=O)(O)c1ccc(Nc2cc3c(nc4ccccc4[n+]3-c3ccccc3)c3ccccc23)c(S(=O)(=O)O)c1. The summed E-state index contributed by atoms with van der Waals surface area (Å²) in [6, 6.07) is 29.7. The highest BCUT2D eigenvalue weighted by Gasteiger charge is 2.24. The van der Waals surface area contributed by atoms with Gasteiger partial charge in [0, 0.05) is 35.0 Å². The van der Waals surface area contributed by atoms with E-state index in [1.54, 1.807) is 0 Å². The van der Waals surface area contributed by atoms with E-state index in [1.807, 2.05) is 84.9 Å². The molecular weight excluding hydrogens is 538 g/mol. The van der Waals surface area contributed by atoms with Crippen molar-refractivity contribution in [3.8, 4) is 5.69 Å². The van der Waals surface area contributed by atoms with Crippen LogP contribution in [0.3, 0.4) is 0 Å². The van der Waals surface area contributed by atoms with Gasteiger partial charge in [-0.2, -0.15) is 16.8 Å². The molecule has 5 aromatic carbocycles. The zero-order valence-electron chi connectivity index (χ0n) is 20.1. The molecule has 3 N–H and O–H groups in total. The number of rotatable bonds is 5. The molecule has 6 aromatic rings. The summed E-state index contributed by atoms with van der Waals surface area (Å²) in [5.74, 6) is 0. The number of nitrogens with zero attached hydrogens (tertiary/aromatic N) is 2. The summed E-state index contributed by atoms with van der Waals surface area (Å²) < 4.78 is 69.0. The Kier molecular flexibility index (Phi) is 5.81. The lowest BCUT2D eigenvalue weighted by Gasteiger charge is -2.15. The highest BCUT2D eigenvalue weighted by Crippen LogP contribution is 2.35. The lowest BCUT2D eigenvalue weighted by molar-refractivity contribution is -0.538.